The first-order valence-electron chi connectivity index (χ1n) is 7.15. The zero-order chi connectivity index (χ0) is 18.5. The summed E-state index contributed by atoms with van der Waals surface area (Å²) >= 11 is 7.87. The smallest absolute Gasteiger partial charge is 0.233 e. The summed E-state index contributed by atoms with van der Waals surface area (Å²) in [4.78, 5) is 4.19. The van der Waals surface area contributed by atoms with E-state index in [1.807, 2.05) is 0 Å². The number of benzene rings is 2. The van der Waals surface area contributed by atoms with Crippen molar-refractivity contribution in [1.29, 1.82) is 0 Å². The molecule has 0 aliphatic heterocycles. The molecule has 0 saturated carbocycles. The molecule has 0 amide bonds. The van der Waals surface area contributed by atoms with Crippen LogP contribution in [0.5, 0.6) is 11.5 Å². The molecule has 0 saturated heterocycles. The van der Waals surface area contributed by atoms with Crippen molar-refractivity contribution in [2.75, 3.05) is 5.43 Å². The van der Waals surface area contributed by atoms with Gasteiger partial charge >= 0.3 is 0 Å². The molecule has 3 aromatic rings. The summed E-state index contributed by atoms with van der Waals surface area (Å²) in [6.07, 6.45) is 2.98. The molecule has 26 heavy (non-hydrogen) atoms. The molecule has 2 aromatic carbocycles. The second-order valence-corrected chi connectivity index (χ2v) is 7.71. The van der Waals surface area contributed by atoms with Crippen LogP contribution in [0.15, 0.2) is 55.4 Å². The average molecular weight is 497 g/mol. The van der Waals surface area contributed by atoms with Crippen molar-refractivity contribution in [3.8, 4) is 11.5 Å². The van der Waals surface area contributed by atoms with E-state index in [0.29, 0.717) is 21.4 Å². The molecule has 3 rings (SSSR count). The number of halogens is 2. The first-order valence-corrected chi connectivity index (χ1v) is 9.55. The molecule has 3 N–H and O–H groups in total. The van der Waals surface area contributed by atoms with E-state index in [1.54, 1.807) is 36.4 Å². The molecule has 7 nitrogen and oxygen atoms in total. The Balaban J connectivity index is 1.66. The van der Waals surface area contributed by atoms with Gasteiger partial charge in [-0.05, 0) is 36.4 Å². The van der Waals surface area contributed by atoms with Gasteiger partial charge in [-0.3, -0.25) is 5.43 Å². The maximum Gasteiger partial charge on any atom is 0.233 e. The highest BCUT2D eigenvalue weighted by Crippen LogP contribution is 2.25. The molecule has 132 valence electrons. The lowest BCUT2D eigenvalue weighted by Crippen LogP contribution is -1.90. The van der Waals surface area contributed by atoms with Crippen molar-refractivity contribution in [3.63, 3.8) is 0 Å². The minimum absolute atomic E-state index is 0.120. The number of phenols is 2. The van der Waals surface area contributed by atoms with Crippen LogP contribution >= 0.6 is 43.2 Å². The van der Waals surface area contributed by atoms with E-state index in [0.717, 1.165) is 8.95 Å². The van der Waals surface area contributed by atoms with Gasteiger partial charge in [0.1, 0.15) is 11.5 Å². The van der Waals surface area contributed by atoms with Crippen LogP contribution in [0.1, 0.15) is 11.1 Å². The van der Waals surface area contributed by atoms with Gasteiger partial charge in [-0.15, -0.1) is 10.2 Å². The van der Waals surface area contributed by atoms with Crippen LogP contribution in [0.3, 0.4) is 0 Å². The van der Waals surface area contributed by atoms with Gasteiger partial charge in [-0.25, -0.2) is 4.99 Å². The van der Waals surface area contributed by atoms with Crippen LogP contribution in [0.25, 0.3) is 0 Å². The van der Waals surface area contributed by atoms with Crippen LogP contribution in [0.2, 0.25) is 0 Å². The van der Waals surface area contributed by atoms with Gasteiger partial charge in [-0.1, -0.05) is 43.2 Å². The number of rotatable bonds is 5. The summed E-state index contributed by atoms with van der Waals surface area (Å²) < 4.78 is 1.67. The Kier molecular flexibility index (Phi) is 5.96. The van der Waals surface area contributed by atoms with Crippen LogP contribution in [0.4, 0.5) is 10.3 Å². The normalized spacial score (nSPS) is 11.5. The topological polar surface area (TPSA) is 103 Å². The predicted octanol–water partition coefficient (Wildman–Crippen LogP) is 4.67. The van der Waals surface area contributed by atoms with E-state index in [9.17, 15) is 10.2 Å². The van der Waals surface area contributed by atoms with Crippen molar-refractivity contribution in [3.05, 3.63) is 56.5 Å². The van der Waals surface area contributed by atoms with Gasteiger partial charge in [0.05, 0.1) is 6.21 Å². The molecule has 10 heteroatoms. The van der Waals surface area contributed by atoms with E-state index in [1.165, 1.54) is 23.8 Å². The highest BCUT2D eigenvalue weighted by Gasteiger charge is 2.03. The van der Waals surface area contributed by atoms with Crippen LogP contribution in [-0.4, -0.2) is 32.8 Å². The molecule has 0 spiro atoms. The number of hydrogen-bond donors (Lipinski definition) is 3. The number of hydrogen-bond acceptors (Lipinski definition) is 8. The highest BCUT2D eigenvalue weighted by atomic mass is 79.9. The predicted molar refractivity (Wildman–Crippen MR) is 110 cm³/mol. The number of nitrogens with zero attached hydrogens (tertiary/aromatic N) is 4. The number of aliphatic imine (C=N–C) groups is 1. The molecule has 0 atom stereocenters. The zero-order valence-electron chi connectivity index (χ0n) is 13.0. The summed E-state index contributed by atoms with van der Waals surface area (Å²) in [5.74, 6) is 0.244. The fourth-order valence-corrected chi connectivity index (χ4v) is 3.15. The lowest BCUT2D eigenvalue weighted by molar-refractivity contribution is 0.474. The maximum absolute atomic E-state index is 9.78. The standard InChI is InChI=1S/C16H11Br2N5O2S/c17-11-1-3-13(24)9(5-11)7-19-15-22-23-16(26-15)21-20-8-10-6-12(18)2-4-14(10)25/h1-8,24-25H,(H,21,23). The van der Waals surface area contributed by atoms with E-state index in [2.05, 4.69) is 57.6 Å². The van der Waals surface area contributed by atoms with Gasteiger partial charge < -0.3 is 10.2 Å². The van der Waals surface area contributed by atoms with E-state index < -0.39 is 0 Å². The van der Waals surface area contributed by atoms with Crippen LogP contribution < -0.4 is 5.43 Å². The Morgan fingerprint density at radius 1 is 0.923 bits per heavy atom. The third kappa shape index (κ3) is 4.87. The van der Waals surface area contributed by atoms with Gasteiger partial charge in [0.15, 0.2) is 0 Å². The SMILES string of the molecule is Oc1ccc(Br)cc1C=NNc1nnc(N=Cc2cc(Br)ccc2O)s1. The molecule has 0 bridgehead atoms. The lowest BCUT2D eigenvalue weighted by Gasteiger charge is -1.98. The highest BCUT2D eigenvalue weighted by molar-refractivity contribution is 9.10. The van der Waals surface area contributed by atoms with E-state index in [-0.39, 0.29) is 11.5 Å². The molecule has 1 aromatic heterocycles. The van der Waals surface area contributed by atoms with Crippen molar-refractivity contribution in [2.45, 2.75) is 0 Å². The molecular formula is C16H11Br2N5O2S. The largest absolute Gasteiger partial charge is 0.507 e. The van der Waals surface area contributed by atoms with Gasteiger partial charge in [0, 0.05) is 26.3 Å². The summed E-state index contributed by atoms with van der Waals surface area (Å²) in [5.41, 5.74) is 3.85. The van der Waals surface area contributed by atoms with Crippen LogP contribution in [-0.2, 0) is 0 Å². The fourth-order valence-electron chi connectivity index (χ4n) is 1.85. The van der Waals surface area contributed by atoms with Gasteiger partial charge in [-0.2, -0.15) is 5.10 Å². The second-order valence-electron chi connectivity index (χ2n) is 4.92. The monoisotopic (exact) mass is 495 g/mol. The minimum atomic E-state index is 0.120. The summed E-state index contributed by atoms with van der Waals surface area (Å²) in [7, 11) is 0. The molecule has 0 unspecified atom stereocenters. The average Bonchev–Trinajstić information content (AvgIpc) is 3.06. The first kappa shape index (κ1) is 18.5. The Hall–Kier alpha value is -2.30. The Bertz CT molecular complexity index is 991. The van der Waals surface area contributed by atoms with Crippen molar-refractivity contribution < 1.29 is 10.2 Å². The maximum atomic E-state index is 9.78. The summed E-state index contributed by atoms with van der Waals surface area (Å²) in [5, 5.41) is 32.3. The fraction of sp³-hybridized carbons (Fsp3) is 0. The molecule has 1 heterocycles. The van der Waals surface area contributed by atoms with Crippen molar-refractivity contribution in [1.82, 2.24) is 10.2 Å². The number of aromatic nitrogens is 2. The Labute approximate surface area is 169 Å². The molecule has 0 fully saturated rings. The summed E-state index contributed by atoms with van der Waals surface area (Å²) in [6.45, 7) is 0. The number of aromatic hydroxyl groups is 2. The van der Waals surface area contributed by atoms with E-state index >= 15 is 0 Å². The third-order valence-electron chi connectivity index (χ3n) is 3.07. The minimum Gasteiger partial charge on any atom is -0.507 e. The number of hydrazone groups is 1. The molecular weight excluding hydrogens is 486 g/mol. The zero-order valence-corrected chi connectivity index (χ0v) is 17.0. The quantitative estimate of drug-likeness (QED) is 0.351. The number of nitrogens with one attached hydrogen (secondary N) is 1. The first-order chi connectivity index (χ1) is 12.5. The molecule has 0 aliphatic carbocycles. The number of phenolic OH excluding ortho intramolecular Hbond substituents is 2. The lowest BCUT2D eigenvalue weighted by atomic mass is 10.2. The Morgan fingerprint density at radius 3 is 2.19 bits per heavy atom. The molecule has 0 aliphatic rings. The van der Waals surface area contributed by atoms with Crippen molar-refractivity contribution in [2.24, 2.45) is 10.1 Å². The summed E-state index contributed by atoms with van der Waals surface area (Å²) in [6, 6.07) is 10.1. The second kappa shape index (κ2) is 8.39. The Morgan fingerprint density at radius 2 is 1.54 bits per heavy atom. The van der Waals surface area contributed by atoms with E-state index in [4.69, 9.17) is 0 Å². The van der Waals surface area contributed by atoms with Crippen LogP contribution in [0, 0.1) is 0 Å². The van der Waals surface area contributed by atoms with Gasteiger partial charge in [0.2, 0.25) is 10.3 Å². The third-order valence-corrected chi connectivity index (χ3v) is 4.79. The van der Waals surface area contributed by atoms with Gasteiger partial charge in [0.25, 0.3) is 0 Å². The number of anilines is 1. The van der Waals surface area contributed by atoms with Crippen molar-refractivity contribution >= 4 is 65.9 Å². The molecule has 0 radical (unpaired) electrons.